The van der Waals surface area contributed by atoms with Crippen molar-refractivity contribution in [2.24, 2.45) is 10.8 Å². The Labute approximate surface area is 101 Å². The Morgan fingerprint density at radius 3 is 2.31 bits per heavy atom. The molecule has 0 fully saturated rings. The van der Waals surface area contributed by atoms with E-state index >= 15 is 0 Å². The van der Waals surface area contributed by atoms with Gasteiger partial charge >= 0.3 is 0 Å². The van der Waals surface area contributed by atoms with E-state index in [1.807, 2.05) is 27.0 Å². The maximum absolute atomic E-state index is 9.07. The van der Waals surface area contributed by atoms with Gasteiger partial charge in [-0.3, -0.25) is 0 Å². The Balaban J connectivity index is 5.25. The largest absolute Gasteiger partial charge is 0.381 e. The maximum Gasteiger partial charge on any atom is 0.163 e. The first kappa shape index (κ1) is 14.6. The molecule has 0 aromatic rings. The van der Waals surface area contributed by atoms with Crippen molar-refractivity contribution in [2.45, 2.75) is 26.3 Å². The predicted octanol–water partition coefficient (Wildman–Crippen LogP) is 0.964. The summed E-state index contributed by atoms with van der Waals surface area (Å²) in [5, 5.41) is 16.8. The molecule has 0 aliphatic heterocycles. The van der Waals surface area contributed by atoms with Crippen LogP contribution in [0.3, 0.4) is 0 Å². The molecule has 0 aromatic carbocycles. The van der Waals surface area contributed by atoms with Crippen LogP contribution in [0.1, 0.15) is 20.8 Å². The zero-order valence-electron chi connectivity index (χ0n) is 10.4. The molecule has 0 bridgehead atoms. The summed E-state index contributed by atoms with van der Waals surface area (Å²) in [4.78, 5) is 0. The molecule has 0 amide bonds. The van der Waals surface area contributed by atoms with Crippen molar-refractivity contribution < 1.29 is 0 Å². The number of nitrogens with one attached hydrogen (secondary N) is 2. The summed E-state index contributed by atoms with van der Waals surface area (Å²) in [5.74, 6) is 0.186. The molecule has 0 radical (unpaired) electrons. The molecular weight excluding hydrogens is 222 g/mol. The SMILES string of the molecule is CNN=C(N)C(C#N)=C(NC(C)(C)C)SC. The lowest BCUT2D eigenvalue weighted by atomic mass is 10.1. The summed E-state index contributed by atoms with van der Waals surface area (Å²) < 4.78 is 0. The van der Waals surface area contributed by atoms with E-state index in [0.29, 0.717) is 5.57 Å². The molecule has 90 valence electrons. The molecule has 5 nitrogen and oxygen atoms in total. The predicted molar refractivity (Wildman–Crippen MR) is 69.7 cm³/mol. The molecule has 4 N–H and O–H groups in total. The average Bonchev–Trinajstić information content (AvgIpc) is 2.16. The number of hydrazone groups is 1. The number of hydrogen-bond acceptors (Lipinski definition) is 5. The molecule has 16 heavy (non-hydrogen) atoms. The van der Waals surface area contributed by atoms with Gasteiger partial charge in [-0.2, -0.15) is 10.4 Å². The Morgan fingerprint density at radius 2 is 2.00 bits per heavy atom. The Bertz CT molecular complexity index is 332. The highest BCUT2D eigenvalue weighted by molar-refractivity contribution is 8.02. The summed E-state index contributed by atoms with van der Waals surface area (Å²) in [7, 11) is 1.64. The first-order chi connectivity index (χ1) is 7.35. The fraction of sp³-hybridized carbons (Fsp3) is 0.600. The van der Waals surface area contributed by atoms with Crippen LogP contribution in [0.15, 0.2) is 15.7 Å². The highest BCUT2D eigenvalue weighted by Crippen LogP contribution is 2.17. The van der Waals surface area contributed by atoms with Gasteiger partial charge in [0.2, 0.25) is 0 Å². The van der Waals surface area contributed by atoms with Gasteiger partial charge in [0.05, 0.1) is 5.03 Å². The van der Waals surface area contributed by atoms with Crippen molar-refractivity contribution in [1.29, 1.82) is 5.26 Å². The summed E-state index contributed by atoms with van der Waals surface area (Å²) in [5.41, 5.74) is 8.49. The van der Waals surface area contributed by atoms with Crippen molar-refractivity contribution in [2.75, 3.05) is 13.3 Å². The van der Waals surface area contributed by atoms with Crippen LogP contribution in [0, 0.1) is 11.3 Å². The van der Waals surface area contributed by atoms with E-state index in [9.17, 15) is 0 Å². The Kier molecular flexibility index (Phi) is 5.75. The molecule has 0 aromatic heterocycles. The number of rotatable bonds is 4. The van der Waals surface area contributed by atoms with Crippen molar-refractivity contribution >= 4 is 17.6 Å². The minimum absolute atomic E-state index is 0.125. The van der Waals surface area contributed by atoms with Gasteiger partial charge in [-0.1, -0.05) is 0 Å². The number of thioether (sulfide) groups is 1. The second-order valence-corrected chi connectivity index (χ2v) is 4.93. The smallest absolute Gasteiger partial charge is 0.163 e. The standard InChI is InChI=1S/C10H19N5S/c1-10(2,3)14-9(16-5)7(6-11)8(12)15-13-4/h13-14H,1-5H3,(H2,12,15). The van der Waals surface area contributed by atoms with Crippen LogP contribution in [0.5, 0.6) is 0 Å². The van der Waals surface area contributed by atoms with Crippen LogP contribution in [0.4, 0.5) is 0 Å². The van der Waals surface area contributed by atoms with Crippen LogP contribution < -0.4 is 16.5 Å². The number of amidine groups is 1. The normalized spacial score (nSPS) is 13.9. The van der Waals surface area contributed by atoms with Crippen molar-refractivity contribution in [3.63, 3.8) is 0 Å². The number of nitrogens with two attached hydrogens (primary N) is 1. The second-order valence-electron chi connectivity index (χ2n) is 4.12. The zero-order valence-corrected chi connectivity index (χ0v) is 11.2. The third kappa shape index (κ3) is 4.94. The van der Waals surface area contributed by atoms with E-state index in [1.54, 1.807) is 7.05 Å². The molecule has 0 unspecified atom stereocenters. The number of hydrogen-bond donors (Lipinski definition) is 3. The van der Waals surface area contributed by atoms with E-state index < -0.39 is 0 Å². The lowest BCUT2D eigenvalue weighted by molar-refractivity contribution is 0.486. The van der Waals surface area contributed by atoms with Gasteiger partial charge in [0.25, 0.3) is 0 Å². The number of nitrogens with zero attached hydrogens (tertiary/aromatic N) is 2. The summed E-state index contributed by atoms with van der Waals surface area (Å²) >= 11 is 1.44. The van der Waals surface area contributed by atoms with E-state index in [1.165, 1.54) is 11.8 Å². The lowest BCUT2D eigenvalue weighted by Gasteiger charge is -2.24. The van der Waals surface area contributed by atoms with Gasteiger partial charge in [0.15, 0.2) is 5.84 Å². The lowest BCUT2D eigenvalue weighted by Crippen LogP contribution is -2.36. The van der Waals surface area contributed by atoms with E-state index in [4.69, 9.17) is 11.0 Å². The molecule has 0 aliphatic rings. The molecule has 0 atom stereocenters. The molecule has 0 heterocycles. The van der Waals surface area contributed by atoms with Crippen LogP contribution in [0.2, 0.25) is 0 Å². The van der Waals surface area contributed by atoms with Gasteiger partial charge in [-0.25, -0.2) is 0 Å². The number of nitriles is 1. The molecule has 0 aliphatic carbocycles. The van der Waals surface area contributed by atoms with Crippen LogP contribution >= 0.6 is 11.8 Å². The second kappa shape index (κ2) is 6.28. The monoisotopic (exact) mass is 241 g/mol. The Morgan fingerprint density at radius 1 is 1.44 bits per heavy atom. The van der Waals surface area contributed by atoms with Gasteiger partial charge in [0, 0.05) is 12.6 Å². The van der Waals surface area contributed by atoms with Crippen molar-refractivity contribution in [3.05, 3.63) is 10.6 Å². The minimum Gasteiger partial charge on any atom is -0.381 e. The topological polar surface area (TPSA) is 86.2 Å². The van der Waals surface area contributed by atoms with Crippen molar-refractivity contribution in [3.8, 4) is 6.07 Å². The quantitative estimate of drug-likeness (QED) is 0.295. The van der Waals surface area contributed by atoms with Gasteiger partial charge < -0.3 is 16.5 Å². The molecule has 6 heteroatoms. The van der Waals surface area contributed by atoms with Gasteiger partial charge in [0.1, 0.15) is 11.6 Å². The molecule has 0 saturated carbocycles. The average molecular weight is 241 g/mol. The fourth-order valence-corrected chi connectivity index (χ4v) is 1.72. The first-order valence-corrected chi connectivity index (χ1v) is 6.05. The van der Waals surface area contributed by atoms with Crippen LogP contribution in [-0.4, -0.2) is 24.7 Å². The zero-order chi connectivity index (χ0) is 12.8. The Hall–Kier alpha value is -1.35. The van der Waals surface area contributed by atoms with Gasteiger partial charge in [-0.15, -0.1) is 11.8 Å². The highest BCUT2D eigenvalue weighted by Gasteiger charge is 2.16. The van der Waals surface area contributed by atoms with E-state index in [0.717, 1.165) is 5.03 Å². The molecule has 0 saturated heterocycles. The van der Waals surface area contributed by atoms with Gasteiger partial charge in [-0.05, 0) is 27.0 Å². The maximum atomic E-state index is 9.07. The summed E-state index contributed by atoms with van der Waals surface area (Å²) in [6, 6.07) is 2.06. The van der Waals surface area contributed by atoms with E-state index in [-0.39, 0.29) is 11.4 Å². The fourth-order valence-electron chi connectivity index (χ4n) is 0.957. The third-order valence-electron chi connectivity index (χ3n) is 1.52. The van der Waals surface area contributed by atoms with Crippen LogP contribution in [-0.2, 0) is 0 Å². The highest BCUT2D eigenvalue weighted by atomic mass is 32.2. The van der Waals surface area contributed by atoms with Crippen molar-refractivity contribution in [1.82, 2.24) is 10.7 Å². The van der Waals surface area contributed by atoms with Crippen LogP contribution in [0.25, 0.3) is 0 Å². The molecule has 0 spiro atoms. The van der Waals surface area contributed by atoms with E-state index in [2.05, 4.69) is 21.9 Å². The molecular formula is C10H19N5S. The summed E-state index contributed by atoms with van der Waals surface area (Å²) in [6.07, 6.45) is 1.89. The molecule has 0 rings (SSSR count). The first-order valence-electron chi connectivity index (χ1n) is 4.82. The summed E-state index contributed by atoms with van der Waals surface area (Å²) in [6.45, 7) is 6.05. The third-order valence-corrected chi connectivity index (χ3v) is 2.23. The minimum atomic E-state index is -0.125.